The summed E-state index contributed by atoms with van der Waals surface area (Å²) in [4.78, 5) is 29.2. The van der Waals surface area contributed by atoms with Crippen LogP contribution in [0.2, 0.25) is 5.02 Å². The van der Waals surface area contributed by atoms with Crippen molar-refractivity contribution >= 4 is 47.6 Å². The number of piperazine rings is 1. The molecule has 2 N–H and O–H groups in total. The Morgan fingerprint density at radius 1 is 1.23 bits per heavy atom. The molecule has 26 heavy (non-hydrogen) atoms. The number of nitrogens with zero attached hydrogens (tertiary/aromatic N) is 2. The van der Waals surface area contributed by atoms with Crippen LogP contribution < -0.4 is 10.6 Å². The summed E-state index contributed by atoms with van der Waals surface area (Å²) in [5.41, 5.74) is 0.561. The lowest BCUT2D eigenvalue weighted by atomic mass is 10.1. The van der Waals surface area contributed by atoms with Gasteiger partial charge in [-0.15, -0.1) is 24.2 Å². The zero-order valence-electron chi connectivity index (χ0n) is 14.4. The van der Waals surface area contributed by atoms with E-state index in [1.807, 2.05) is 0 Å². The molecule has 9 heteroatoms. The van der Waals surface area contributed by atoms with Gasteiger partial charge in [0.15, 0.2) is 0 Å². The van der Waals surface area contributed by atoms with Gasteiger partial charge in [0.05, 0.1) is 5.88 Å². The van der Waals surface area contributed by atoms with Crippen molar-refractivity contribution in [2.75, 3.05) is 50.9 Å². The van der Waals surface area contributed by atoms with E-state index in [1.165, 1.54) is 0 Å². The van der Waals surface area contributed by atoms with Gasteiger partial charge in [0.2, 0.25) is 5.91 Å². The predicted octanol–water partition coefficient (Wildman–Crippen LogP) is 1.30. The van der Waals surface area contributed by atoms with Gasteiger partial charge in [-0.1, -0.05) is 11.6 Å². The van der Waals surface area contributed by atoms with Crippen LogP contribution in [0, 0.1) is 0 Å². The van der Waals surface area contributed by atoms with Gasteiger partial charge in [0.1, 0.15) is 6.04 Å². The number of carbonyl (C=O) groups excluding carboxylic acids is 2. The van der Waals surface area contributed by atoms with Crippen LogP contribution in [0.25, 0.3) is 0 Å². The van der Waals surface area contributed by atoms with Gasteiger partial charge in [-0.3, -0.25) is 14.5 Å². The lowest BCUT2D eigenvalue weighted by Crippen LogP contribution is -2.50. The molecule has 1 aromatic rings. The van der Waals surface area contributed by atoms with Crippen LogP contribution in [0.3, 0.4) is 0 Å². The lowest BCUT2D eigenvalue weighted by Gasteiger charge is -2.28. The maximum atomic E-state index is 12.7. The van der Waals surface area contributed by atoms with Crippen molar-refractivity contribution in [1.82, 2.24) is 20.4 Å². The first-order valence-corrected chi connectivity index (χ1v) is 10.0. The molecule has 0 spiro atoms. The van der Waals surface area contributed by atoms with Crippen molar-refractivity contribution in [2.45, 2.75) is 6.04 Å². The minimum atomic E-state index is -0.406. The molecule has 0 aromatic heterocycles. The molecule has 2 aliphatic heterocycles. The average molecular weight is 419 g/mol. The third-order valence-corrected chi connectivity index (χ3v) is 5.74. The average Bonchev–Trinajstić information content (AvgIpc) is 3.12. The summed E-state index contributed by atoms with van der Waals surface area (Å²) in [5, 5.41) is 6.89. The highest BCUT2D eigenvalue weighted by Gasteiger charge is 2.34. The van der Waals surface area contributed by atoms with Crippen LogP contribution in [-0.2, 0) is 4.79 Å². The van der Waals surface area contributed by atoms with Crippen LogP contribution >= 0.6 is 35.8 Å². The monoisotopic (exact) mass is 418 g/mol. The minimum absolute atomic E-state index is 0. The minimum Gasteiger partial charge on any atom is -0.353 e. The quantitative estimate of drug-likeness (QED) is 0.754. The van der Waals surface area contributed by atoms with Gasteiger partial charge in [-0.25, -0.2) is 0 Å². The highest BCUT2D eigenvalue weighted by Crippen LogP contribution is 2.23. The van der Waals surface area contributed by atoms with E-state index in [-0.39, 0.29) is 24.2 Å². The normalized spacial score (nSPS) is 20.5. The maximum Gasteiger partial charge on any atom is 0.255 e. The summed E-state index contributed by atoms with van der Waals surface area (Å²) in [6.45, 7) is 5.47. The smallest absolute Gasteiger partial charge is 0.255 e. The molecule has 0 radical (unpaired) electrons. The zero-order valence-corrected chi connectivity index (χ0v) is 16.8. The summed E-state index contributed by atoms with van der Waals surface area (Å²) < 4.78 is 0. The highest BCUT2D eigenvalue weighted by molar-refractivity contribution is 7.99. The SMILES string of the molecule is Cl.O=C(NCCN1CCNCC1)C1CSCN1C(=O)c1ccc(Cl)cc1. The Hall–Kier alpha value is -0.990. The molecule has 3 rings (SSSR count). The molecule has 2 saturated heterocycles. The molecule has 0 saturated carbocycles. The van der Waals surface area contributed by atoms with Crippen molar-refractivity contribution in [3.05, 3.63) is 34.9 Å². The fraction of sp³-hybridized carbons (Fsp3) is 0.529. The molecule has 2 aliphatic rings. The van der Waals surface area contributed by atoms with E-state index in [0.29, 0.717) is 28.8 Å². The largest absolute Gasteiger partial charge is 0.353 e. The number of halogens is 2. The summed E-state index contributed by atoms with van der Waals surface area (Å²) in [7, 11) is 0. The third kappa shape index (κ3) is 5.50. The Morgan fingerprint density at radius 3 is 2.62 bits per heavy atom. The Bertz CT molecular complexity index is 611. The molecule has 144 valence electrons. The second kappa shape index (κ2) is 10.4. The molecule has 1 aromatic carbocycles. The predicted molar refractivity (Wildman–Crippen MR) is 108 cm³/mol. The highest BCUT2D eigenvalue weighted by atomic mass is 35.5. The number of hydrogen-bond acceptors (Lipinski definition) is 5. The van der Waals surface area contributed by atoms with E-state index in [4.69, 9.17) is 11.6 Å². The van der Waals surface area contributed by atoms with E-state index in [2.05, 4.69) is 15.5 Å². The van der Waals surface area contributed by atoms with Gasteiger partial charge in [0, 0.05) is 55.6 Å². The number of nitrogens with one attached hydrogen (secondary N) is 2. The Balaban J connectivity index is 0.00000243. The molecule has 2 amide bonds. The summed E-state index contributed by atoms with van der Waals surface area (Å²) in [6.07, 6.45) is 0. The molecule has 2 heterocycles. The molecule has 2 fully saturated rings. The summed E-state index contributed by atoms with van der Waals surface area (Å²) in [6, 6.07) is 6.39. The van der Waals surface area contributed by atoms with E-state index < -0.39 is 6.04 Å². The molecule has 1 atom stereocenters. The third-order valence-electron chi connectivity index (χ3n) is 4.47. The van der Waals surface area contributed by atoms with E-state index in [1.54, 1.807) is 40.9 Å². The van der Waals surface area contributed by atoms with Gasteiger partial charge < -0.3 is 15.5 Å². The topological polar surface area (TPSA) is 64.7 Å². The van der Waals surface area contributed by atoms with E-state index >= 15 is 0 Å². The number of thioether (sulfide) groups is 1. The number of carbonyl (C=O) groups is 2. The molecule has 0 aliphatic carbocycles. The fourth-order valence-electron chi connectivity index (χ4n) is 3.01. The molecule has 6 nitrogen and oxygen atoms in total. The Labute approximate surface area is 169 Å². The summed E-state index contributed by atoms with van der Waals surface area (Å²) >= 11 is 7.48. The fourth-order valence-corrected chi connectivity index (χ4v) is 4.29. The van der Waals surface area contributed by atoms with Crippen LogP contribution in [0.15, 0.2) is 24.3 Å². The second-order valence-electron chi connectivity index (χ2n) is 6.18. The number of rotatable bonds is 5. The number of hydrogen-bond donors (Lipinski definition) is 2. The van der Waals surface area contributed by atoms with Crippen LogP contribution in [0.5, 0.6) is 0 Å². The van der Waals surface area contributed by atoms with E-state index in [0.717, 1.165) is 32.7 Å². The Kier molecular flexibility index (Phi) is 8.50. The molecular formula is C17H24Cl2N4O2S. The van der Waals surface area contributed by atoms with Gasteiger partial charge >= 0.3 is 0 Å². The van der Waals surface area contributed by atoms with Crippen LogP contribution in [0.1, 0.15) is 10.4 Å². The molecular weight excluding hydrogens is 395 g/mol. The lowest BCUT2D eigenvalue weighted by molar-refractivity contribution is -0.124. The van der Waals surface area contributed by atoms with Crippen LogP contribution in [0.4, 0.5) is 0 Å². The second-order valence-corrected chi connectivity index (χ2v) is 7.62. The molecule has 1 unspecified atom stereocenters. The van der Waals surface area contributed by atoms with Crippen molar-refractivity contribution in [3.63, 3.8) is 0 Å². The maximum absolute atomic E-state index is 12.7. The first-order valence-electron chi connectivity index (χ1n) is 8.50. The first kappa shape index (κ1) is 21.3. The van der Waals surface area contributed by atoms with Crippen molar-refractivity contribution in [1.29, 1.82) is 0 Å². The van der Waals surface area contributed by atoms with Crippen molar-refractivity contribution in [3.8, 4) is 0 Å². The van der Waals surface area contributed by atoms with Crippen molar-refractivity contribution in [2.24, 2.45) is 0 Å². The summed E-state index contributed by atoms with van der Waals surface area (Å²) in [5.74, 6) is 0.988. The van der Waals surface area contributed by atoms with Gasteiger partial charge in [-0.2, -0.15) is 0 Å². The van der Waals surface area contributed by atoms with Crippen molar-refractivity contribution < 1.29 is 9.59 Å². The van der Waals surface area contributed by atoms with Gasteiger partial charge in [0.25, 0.3) is 5.91 Å². The Morgan fingerprint density at radius 2 is 1.92 bits per heavy atom. The number of benzene rings is 1. The first-order chi connectivity index (χ1) is 12.1. The standard InChI is InChI=1S/C17H23ClN4O2S.ClH/c18-14-3-1-13(2-4-14)17(24)22-12-25-11-15(22)16(23)20-7-10-21-8-5-19-6-9-21;/h1-4,15,19H,5-12H2,(H,20,23);1H. The van der Waals surface area contributed by atoms with E-state index in [9.17, 15) is 9.59 Å². The molecule has 0 bridgehead atoms. The number of amides is 2. The van der Waals surface area contributed by atoms with Crippen LogP contribution in [-0.4, -0.2) is 78.6 Å². The zero-order chi connectivity index (χ0) is 17.6. The van der Waals surface area contributed by atoms with Gasteiger partial charge in [-0.05, 0) is 24.3 Å².